The fraction of sp³-hybridized carbons (Fsp3) is 0.522. The lowest BCUT2D eigenvalue weighted by atomic mass is 9.79. The summed E-state index contributed by atoms with van der Waals surface area (Å²) < 4.78 is 25.8. The summed E-state index contributed by atoms with van der Waals surface area (Å²) in [5, 5.41) is 13.0. The van der Waals surface area contributed by atoms with Crippen LogP contribution in [0.1, 0.15) is 64.2 Å². The molecule has 1 aromatic rings. The van der Waals surface area contributed by atoms with Crippen molar-refractivity contribution in [3.05, 3.63) is 34.1 Å². The van der Waals surface area contributed by atoms with E-state index >= 15 is 4.39 Å². The average molecular weight is 435 g/mol. The van der Waals surface area contributed by atoms with E-state index in [1.165, 1.54) is 13.0 Å². The van der Waals surface area contributed by atoms with Crippen molar-refractivity contribution in [2.75, 3.05) is 13.2 Å². The number of rotatable bonds is 6. The number of esters is 1. The molecule has 0 fully saturated rings. The lowest BCUT2D eigenvalue weighted by Gasteiger charge is -2.27. The quantitative estimate of drug-likeness (QED) is 0.523. The molecule has 1 amide bonds. The van der Waals surface area contributed by atoms with E-state index in [9.17, 15) is 19.5 Å². The highest BCUT2D eigenvalue weighted by atomic mass is 19.1. The van der Waals surface area contributed by atoms with E-state index in [2.05, 4.69) is 5.32 Å². The van der Waals surface area contributed by atoms with Crippen LogP contribution in [0.25, 0.3) is 5.76 Å². The Hall–Kier alpha value is -2.90. The van der Waals surface area contributed by atoms with Crippen molar-refractivity contribution in [3.8, 4) is 5.75 Å². The van der Waals surface area contributed by atoms with E-state index < -0.39 is 52.9 Å². The number of ketones is 1. The van der Waals surface area contributed by atoms with Crippen LogP contribution in [0.2, 0.25) is 0 Å². The zero-order valence-electron chi connectivity index (χ0n) is 19.0. The topological polar surface area (TPSA) is 102 Å². The molecule has 1 atom stereocenters. The van der Waals surface area contributed by atoms with Crippen molar-refractivity contribution in [2.45, 2.75) is 60.0 Å². The van der Waals surface area contributed by atoms with E-state index in [1.807, 2.05) is 13.8 Å². The molecule has 1 unspecified atom stereocenters. The van der Waals surface area contributed by atoms with Crippen LogP contribution >= 0.6 is 0 Å². The summed E-state index contributed by atoms with van der Waals surface area (Å²) in [5.41, 5.74) is -0.707. The third-order valence-corrected chi connectivity index (χ3v) is 4.62. The fourth-order valence-corrected chi connectivity index (χ4v) is 3.30. The summed E-state index contributed by atoms with van der Waals surface area (Å²) >= 11 is 0. The molecule has 0 spiro atoms. The van der Waals surface area contributed by atoms with Gasteiger partial charge in [0.25, 0.3) is 5.91 Å². The lowest BCUT2D eigenvalue weighted by molar-refractivity contribution is -0.154. The average Bonchev–Trinajstić information content (AvgIpc) is 2.63. The Kier molecular flexibility index (Phi) is 7.14. The highest BCUT2D eigenvalue weighted by Crippen LogP contribution is 2.41. The Morgan fingerprint density at radius 1 is 1.29 bits per heavy atom. The number of hydrogen-bond acceptors (Lipinski definition) is 6. The first-order valence-electron chi connectivity index (χ1n) is 10.2. The maximum atomic E-state index is 15.1. The summed E-state index contributed by atoms with van der Waals surface area (Å²) in [7, 11) is 0. The maximum absolute atomic E-state index is 15.1. The molecule has 1 aromatic carbocycles. The molecule has 0 aromatic heterocycles. The second-order valence-corrected chi connectivity index (χ2v) is 9.08. The first-order chi connectivity index (χ1) is 14.2. The molecule has 0 radical (unpaired) electrons. The van der Waals surface area contributed by atoms with Crippen LogP contribution in [0.5, 0.6) is 5.75 Å². The van der Waals surface area contributed by atoms with Crippen LogP contribution in [0.3, 0.4) is 0 Å². The van der Waals surface area contributed by atoms with Gasteiger partial charge in [0.05, 0.1) is 6.61 Å². The first kappa shape index (κ1) is 24.4. The molecular formula is C23H30FNO6. The molecule has 2 N–H and O–H groups in total. The van der Waals surface area contributed by atoms with Gasteiger partial charge < -0.3 is 19.9 Å². The number of nitrogens with one attached hydrogen (secondary N) is 1. The van der Waals surface area contributed by atoms with Crippen molar-refractivity contribution < 1.29 is 33.4 Å². The molecular weight excluding hydrogens is 405 g/mol. The van der Waals surface area contributed by atoms with Crippen LogP contribution in [0, 0.1) is 18.7 Å². The van der Waals surface area contributed by atoms with Crippen molar-refractivity contribution >= 4 is 23.4 Å². The van der Waals surface area contributed by atoms with Crippen molar-refractivity contribution in [3.63, 3.8) is 0 Å². The minimum atomic E-state index is -1.02. The molecule has 0 bridgehead atoms. The number of carbonyl (C=O) groups is 3. The number of aliphatic hydroxyl groups is 1. The van der Waals surface area contributed by atoms with Gasteiger partial charge in [-0.3, -0.25) is 14.4 Å². The SMILES string of the molecule is Cc1cc(OCC(C)C)c(F)c2c1C(O)=C(C(=O)NCC(=O)OC(C)(C)C)C(=O)C2C. The predicted molar refractivity (Wildman–Crippen MR) is 113 cm³/mol. The number of carbonyl (C=O) groups excluding carboxylic acids is 3. The monoisotopic (exact) mass is 435 g/mol. The first-order valence-corrected chi connectivity index (χ1v) is 10.2. The third kappa shape index (κ3) is 5.42. The lowest BCUT2D eigenvalue weighted by Crippen LogP contribution is -2.38. The van der Waals surface area contributed by atoms with Crippen LogP contribution in [0.15, 0.2) is 11.6 Å². The molecule has 0 heterocycles. The third-order valence-electron chi connectivity index (χ3n) is 4.62. The Bertz CT molecular complexity index is 942. The fourth-order valence-electron chi connectivity index (χ4n) is 3.30. The number of halogens is 1. The van der Waals surface area contributed by atoms with Gasteiger partial charge in [0.15, 0.2) is 17.3 Å². The number of fused-ring (bicyclic) bond motifs is 1. The van der Waals surface area contributed by atoms with Gasteiger partial charge in [-0.05, 0) is 45.2 Å². The summed E-state index contributed by atoms with van der Waals surface area (Å²) in [6, 6.07) is 1.44. The van der Waals surface area contributed by atoms with Crippen molar-refractivity contribution in [1.82, 2.24) is 5.32 Å². The number of aliphatic hydroxyl groups excluding tert-OH is 1. The molecule has 1 aliphatic rings. The second-order valence-electron chi connectivity index (χ2n) is 9.08. The van der Waals surface area contributed by atoms with Gasteiger partial charge in [-0.25, -0.2) is 4.39 Å². The number of ether oxygens (including phenoxy) is 2. The number of hydrogen-bond donors (Lipinski definition) is 2. The van der Waals surface area contributed by atoms with Crippen molar-refractivity contribution in [1.29, 1.82) is 0 Å². The van der Waals surface area contributed by atoms with E-state index in [4.69, 9.17) is 9.47 Å². The molecule has 2 rings (SSSR count). The predicted octanol–water partition coefficient (Wildman–Crippen LogP) is 3.58. The summed E-state index contributed by atoms with van der Waals surface area (Å²) in [6.07, 6.45) is 0. The van der Waals surface area contributed by atoms with Gasteiger partial charge in [-0.2, -0.15) is 0 Å². The Morgan fingerprint density at radius 2 is 1.90 bits per heavy atom. The van der Waals surface area contributed by atoms with Crippen LogP contribution < -0.4 is 10.1 Å². The zero-order valence-corrected chi connectivity index (χ0v) is 19.0. The second kappa shape index (κ2) is 9.08. The molecule has 1 aliphatic carbocycles. The number of benzene rings is 1. The standard InChI is InChI=1S/C23H30FNO6/c1-11(2)10-30-14-8-12(3)16-17(19(14)24)13(4)20(27)18(21(16)28)22(29)25-9-15(26)31-23(5,6)7/h8,11,13,28H,9-10H2,1-7H3,(H,25,29). The summed E-state index contributed by atoms with van der Waals surface area (Å²) in [4.78, 5) is 37.3. The summed E-state index contributed by atoms with van der Waals surface area (Å²) in [6.45, 7) is 11.8. The Morgan fingerprint density at radius 3 is 2.45 bits per heavy atom. The molecule has 0 aliphatic heterocycles. The van der Waals surface area contributed by atoms with E-state index in [1.54, 1.807) is 27.7 Å². The molecule has 31 heavy (non-hydrogen) atoms. The van der Waals surface area contributed by atoms with E-state index in [-0.39, 0.29) is 29.4 Å². The normalized spacial score (nSPS) is 16.3. The number of amides is 1. The summed E-state index contributed by atoms with van der Waals surface area (Å²) in [5.74, 6) is -4.56. The molecule has 7 nitrogen and oxygen atoms in total. The minimum absolute atomic E-state index is 0.00442. The zero-order chi connectivity index (χ0) is 23.7. The van der Waals surface area contributed by atoms with Gasteiger partial charge in [0.1, 0.15) is 23.5 Å². The highest BCUT2D eigenvalue weighted by Gasteiger charge is 2.39. The van der Waals surface area contributed by atoms with E-state index in [0.29, 0.717) is 5.56 Å². The number of aryl methyl sites for hydroxylation is 1. The van der Waals surface area contributed by atoms with Crippen molar-refractivity contribution in [2.24, 2.45) is 5.92 Å². The van der Waals surface area contributed by atoms with Gasteiger partial charge in [0, 0.05) is 17.0 Å². The van der Waals surface area contributed by atoms with Gasteiger partial charge in [0.2, 0.25) is 0 Å². The largest absolute Gasteiger partial charge is 0.506 e. The van der Waals surface area contributed by atoms with Gasteiger partial charge >= 0.3 is 5.97 Å². The molecule has 0 saturated carbocycles. The number of Topliss-reactive ketones (excluding diaryl/α,β-unsaturated/α-hetero) is 1. The maximum Gasteiger partial charge on any atom is 0.325 e. The Balaban J connectivity index is 2.39. The molecule has 0 saturated heterocycles. The highest BCUT2D eigenvalue weighted by molar-refractivity contribution is 6.27. The van der Waals surface area contributed by atoms with Gasteiger partial charge in [-0.15, -0.1) is 0 Å². The molecule has 170 valence electrons. The van der Waals surface area contributed by atoms with Gasteiger partial charge in [-0.1, -0.05) is 20.8 Å². The smallest absolute Gasteiger partial charge is 0.325 e. The van der Waals surface area contributed by atoms with Crippen LogP contribution in [-0.2, 0) is 19.1 Å². The Labute approximate surface area is 181 Å². The van der Waals surface area contributed by atoms with Crippen LogP contribution in [0.4, 0.5) is 4.39 Å². The minimum Gasteiger partial charge on any atom is -0.506 e. The molecule has 8 heteroatoms. The van der Waals surface area contributed by atoms with Crippen LogP contribution in [-0.4, -0.2) is 41.5 Å². The van der Waals surface area contributed by atoms with E-state index in [0.717, 1.165) is 0 Å².